The smallest absolute Gasteiger partial charge is 0.264 e. The lowest BCUT2D eigenvalue weighted by molar-refractivity contribution is -0.125. The van der Waals surface area contributed by atoms with Gasteiger partial charge >= 0.3 is 0 Å². The quantitative estimate of drug-likeness (QED) is 0.802. The van der Waals surface area contributed by atoms with Crippen molar-refractivity contribution in [2.75, 3.05) is 0 Å². The Morgan fingerprint density at radius 1 is 1.31 bits per heavy atom. The summed E-state index contributed by atoms with van der Waals surface area (Å²) in [4.78, 5) is 11.3. The Bertz CT molecular complexity index is 453. The third kappa shape index (κ3) is 2.20. The van der Waals surface area contributed by atoms with E-state index in [1.165, 1.54) is 0 Å². The number of aromatic amines is 1. The number of benzene rings is 1. The fraction of sp³-hybridized carbons (Fsp3) is 0.0909. The second-order valence-corrected chi connectivity index (χ2v) is 3.23. The van der Waals surface area contributed by atoms with Gasteiger partial charge in [0, 0.05) is 6.20 Å². The number of rotatable bonds is 4. The second kappa shape index (κ2) is 4.48. The third-order valence-electron chi connectivity index (χ3n) is 2.06. The molecule has 0 fully saturated rings. The lowest BCUT2D eigenvalue weighted by Gasteiger charge is -2.13. The molecule has 1 amide bonds. The predicted octanol–water partition coefficient (Wildman–Crippen LogP) is 1.02. The van der Waals surface area contributed by atoms with Crippen LogP contribution in [0.1, 0.15) is 11.8 Å². The lowest BCUT2D eigenvalue weighted by atomic mass is 10.2. The lowest BCUT2D eigenvalue weighted by Crippen LogP contribution is -2.26. The highest BCUT2D eigenvalue weighted by atomic mass is 16.5. The molecule has 0 aliphatic rings. The molecule has 0 bridgehead atoms. The average molecular weight is 217 g/mol. The maximum Gasteiger partial charge on any atom is 0.264 e. The predicted molar refractivity (Wildman–Crippen MR) is 57.6 cm³/mol. The molecule has 82 valence electrons. The maximum absolute atomic E-state index is 11.3. The molecule has 5 heteroatoms. The SMILES string of the molecule is NC(=O)C(Oc1ccccc1)c1ccn[nH]1. The molecule has 1 aromatic heterocycles. The van der Waals surface area contributed by atoms with Crippen molar-refractivity contribution in [2.45, 2.75) is 6.10 Å². The first-order valence-corrected chi connectivity index (χ1v) is 4.77. The van der Waals surface area contributed by atoms with Crippen LogP contribution in [0.5, 0.6) is 5.75 Å². The molecule has 0 saturated carbocycles. The third-order valence-corrected chi connectivity index (χ3v) is 2.06. The van der Waals surface area contributed by atoms with Gasteiger partial charge in [0.15, 0.2) is 0 Å². The van der Waals surface area contributed by atoms with E-state index in [4.69, 9.17) is 10.5 Å². The Labute approximate surface area is 92.2 Å². The zero-order valence-electron chi connectivity index (χ0n) is 8.46. The number of ether oxygens (including phenoxy) is 1. The highest BCUT2D eigenvalue weighted by molar-refractivity contribution is 5.80. The van der Waals surface area contributed by atoms with Crippen LogP contribution in [0.15, 0.2) is 42.6 Å². The number of nitrogens with one attached hydrogen (secondary N) is 1. The molecule has 1 atom stereocenters. The highest BCUT2D eigenvalue weighted by Gasteiger charge is 2.20. The van der Waals surface area contributed by atoms with Crippen LogP contribution in [-0.2, 0) is 4.79 Å². The Morgan fingerprint density at radius 2 is 2.06 bits per heavy atom. The zero-order chi connectivity index (χ0) is 11.4. The standard InChI is InChI=1S/C11H11N3O2/c12-11(15)10(9-6-7-13-14-9)16-8-4-2-1-3-5-8/h1-7,10H,(H2,12,15)(H,13,14). The van der Waals surface area contributed by atoms with E-state index >= 15 is 0 Å². The molecule has 0 spiro atoms. The molecule has 5 nitrogen and oxygen atoms in total. The number of para-hydroxylation sites is 1. The monoisotopic (exact) mass is 217 g/mol. The fourth-order valence-corrected chi connectivity index (χ4v) is 1.32. The molecule has 2 aromatic rings. The molecule has 0 aliphatic carbocycles. The molecule has 1 heterocycles. The molecular weight excluding hydrogens is 206 g/mol. The molecule has 16 heavy (non-hydrogen) atoms. The summed E-state index contributed by atoms with van der Waals surface area (Å²) in [5.41, 5.74) is 5.80. The van der Waals surface area contributed by atoms with Gasteiger partial charge in [0.2, 0.25) is 6.10 Å². The van der Waals surface area contributed by atoms with Crippen molar-refractivity contribution < 1.29 is 9.53 Å². The summed E-state index contributed by atoms with van der Waals surface area (Å²) in [7, 11) is 0. The van der Waals surface area contributed by atoms with Crippen LogP contribution < -0.4 is 10.5 Å². The summed E-state index contributed by atoms with van der Waals surface area (Å²) in [6.45, 7) is 0. The van der Waals surface area contributed by atoms with Crippen LogP contribution in [0.3, 0.4) is 0 Å². The highest BCUT2D eigenvalue weighted by Crippen LogP contribution is 2.19. The van der Waals surface area contributed by atoms with Crippen LogP contribution >= 0.6 is 0 Å². The number of carbonyl (C=O) groups is 1. The molecule has 0 radical (unpaired) electrons. The van der Waals surface area contributed by atoms with Gasteiger partial charge in [-0.1, -0.05) is 18.2 Å². The minimum absolute atomic E-state index is 0.538. The Balaban J connectivity index is 2.19. The van der Waals surface area contributed by atoms with E-state index in [1.54, 1.807) is 24.4 Å². The summed E-state index contributed by atoms with van der Waals surface area (Å²) in [6, 6.07) is 10.7. The summed E-state index contributed by atoms with van der Waals surface area (Å²) in [6.07, 6.45) is 0.699. The number of H-pyrrole nitrogens is 1. The Kier molecular flexibility index (Phi) is 2.86. The summed E-state index contributed by atoms with van der Waals surface area (Å²) in [5.74, 6) is 0.0222. The number of nitrogens with two attached hydrogens (primary N) is 1. The van der Waals surface area contributed by atoms with Crippen molar-refractivity contribution >= 4 is 5.91 Å². The minimum Gasteiger partial charge on any atom is -0.474 e. The van der Waals surface area contributed by atoms with Gasteiger partial charge in [0.25, 0.3) is 5.91 Å². The second-order valence-electron chi connectivity index (χ2n) is 3.23. The number of amides is 1. The first-order chi connectivity index (χ1) is 7.77. The molecule has 0 aliphatic heterocycles. The van der Waals surface area contributed by atoms with E-state index in [-0.39, 0.29) is 0 Å². The number of primary amides is 1. The van der Waals surface area contributed by atoms with Crippen LogP contribution in [0.2, 0.25) is 0 Å². The van der Waals surface area contributed by atoms with E-state index in [9.17, 15) is 4.79 Å². The van der Waals surface area contributed by atoms with E-state index in [0.29, 0.717) is 11.4 Å². The largest absolute Gasteiger partial charge is 0.474 e. The number of carbonyl (C=O) groups excluding carboxylic acids is 1. The van der Waals surface area contributed by atoms with E-state index < -0.39 is 12.0 Å². The van der Waals surface area contributed by atoms with Crippen LogP contribution in [-0.4, -0.2) is 16.1 Å². The number of hydrogen-bond donors (Lipinski definition) is 2. The molecule has 2 rings (SSSR count). The van der Waals surface area contributed by atoms with Crippen molar-refractivity contribution in [3.63, 3.8) is 0 Å². The van der Waals surface area contributed by atoms with Gasteiger partial charge in [-0.3, -0.25) is 9.89 Å². The topological polar surface area (TPSA) is 81.0 Å². The fourth-order valence-electron chi connectivity index (χ4n) is 1.32. The van der Waals surface area contributed by atoms with E-state index in [2.05, 4.69) is 10.2 Å². The Hall–Kier alpha value is -2.30. The molecular formula is C11H11N3O2. The maximum atomic E-state index is 11.3. The first-order valence-electron chi connectivity index (χ1n) is 4.77. The Morgan fingerprint density at radius 3 is 2.62 bits per heavy atom. The summed E-state index contributed by atoms with van der Waals surface area (Å²) >= 11 is 0. The van der Waals surface area contributed by atoms with Gasteiger partial charge in [-0.2, -0.15) is 5.10 Å². The van der Waals surface area contributed by atoms with Gasteiger partial charge < -0.3 is 10.5 Å². The number of aromatic nitrogens is 2. The summed E-state index contributed by atoms with van der Waals surface area (Å²) < 4.78 is 5.47. The van der Waals surface area contributed by atoms with Crippen LogP contribution in [0.4, 0.5) is 0 Å². The van der Waals surface area contributed by atoms with Gasteiger partial charge in [-0.25, -0.2) is 0 Å². The van der Waals surface area contributed by atoms with Crippen LogP contribution in [0.25, 0.3) is 0 Å². The van der Waals surface area contributed by atoms with Crippen molar-refractivity contribution in [2.24, 2.45) is 5.73 Å². The molecule has 1 aromatic carbocycles. The van der Waals surface area contributed by atoms with Crippen LogP contribution in [0, 0.1) is 0 Å². The van der Waals surface area contributed by atoms with Crippen molar-refractivity contribution in [1.29, 1.82) is 0 Å². The van der Waals surface area contributed by atoms with Crippen molar-refractivity contribution in [3.05, 3.63) is 48.3 Å². The van der Waals surface area contributed by atoms with Gasteiger partial charge in [0.05, 0.1) is 5.69 Å². The molecule has 1 unspecified atom stereocenters. The van der Waals surface area contributed by atoms with Gasteiger partial charge in [-0.15, -0.1) is 0 Å². The minimum atomic E-state index is -0.843. The molecule has 3 N–H and O–H groups in total. The average Bonchev–Trinajstić information content (AvgIpc) is 2.80. The normalized spacial score (nSPS) is 12.0. The number of nitrogens with zero attached hydrogens (tertiary/aromatic N) is 1. The first kappa shape index (κ1) is 10.2. The van der Waals surface area contributed by atoms with E-state index in [1.807, 2.05) is 18.2 Å². The van der Waals surface area contributed by atoms with Gasteiger partial charge in [0.1, 0.15) is 5.75 Å². The van der Waals surface area contributed by atoms with Crippen molar-refractivity contribution in [1.82, 2.24) is 10.2 Å². The zero-order valence-corrected chi connectivity index (χ0v) is 8.46. The number of hydrogen-bond acceptors (Lipinski definition) is 3. The van der Waals surface area contributed by atoms with Gasteiger partial charge in [-0.05, 0) is 18.2 Å². The molecule has 0 saturated heterocycles. The van der Waals surface area contributed by atoms with E-state index in [0.717, 1.165) is 0 Å². The van der Waals surface area contributed by atoms with Crippen molar-refractivity contribution in [3.8, 4) is 5.75 Å². The summed E-state index contributed by atoms with van der Waals surface area (Å²) in [5, 5.41) is 6.42.